The summed E-state index contributed by atoms with van der Waals surface area (Å²) in [5, 5.41) is 2.67. The van der Waals surface area contributed by atoms with Gasteiger partial charge in [0.25, 0.3) is 0 Å². The first-order chi connectivity index (χ1) is 13.8. The molecule has 3 N–H and O–H groups in total. The molecular formula is C21H32N2O6. The Morgan fingerprint density at radius 3 is 2.45 bits per heavy atom. The van der Waals surface area contributed by atoms with Gasteiger partial charge in [-0.1, -0.05) is 30.3 Å². The van der Waals surface area contributed by atoms with E-state index < -0.39 is 29.7 Å². The largest absolute Gasteiger partial charge is 0.465 e. The average Bonchev–Trinajstić information content (AvgIpc) is 2.66. The van der Waals surface area contributed by atoms with Crippen molar-refractivity contribution >= 4 is 18.0 Å². The summed E-state index contributed by atoms with van der Waals surface area (Å²) < 4.78 is 15.3. The minimum Gasteiger partial charge on any atom is -0.465 e. The molecule has 1 amide bonds. The van der Waals surface area contributed by atoms with Gasteiger partial charge in [-0.25, -0.2) is 4.79 Å². The van der Waals surface area contributed by atoms with Crippen LogP contribution in [0.1, 0.15) is 52.0 Å². The smallest absolute Gasteiger partial charge is 0.407 e. The lowest BCUT2D eigenvalue weighted by molar-refractivity contribution is -0.155. The van der Waals surface area contributed by atoms with E-state index in [1.54, 1.807) is 13.8 Å². The van der Waals surface area contributed by atoms with E-state index in [2.05, 4.69) is 5.32 Å². The van der Waals surface area contributed by atoms with Crippen molar-refractivity contribution in [2.75, 3.05) is 13.2 Å². The number of alkyl carbamates (subject to hydrolysis) is 1. The number of rotatable bonds is 12. The topological polar surface area (TPSA) is 117 Å². The molecule has 0 saturated carbocycles. The van der Waals surface area contributed by atoms with Crippen molar-refractivity contribution in [3.05, 3.63) is 35.9 Å². The van der Waals surface area contributed by atoms with Crippen LogP contribution in [-0.2, 0) is 30.4 Å². The minimum atomic E-state index is -1.25. The van der Waals surface area contributed by atoms with Crippen LogP contribution in [0.5, 0.6) is 0 Å². The van der Waals surface area contributed by atoms with E-state index in [9.17, 15) is 14.4 Å². The first-order valence-electron chi connectivity index (χ1n) is 9.84. The van der Waals surface area contributed by atoms with Gasteiger partial charge in [0.2, 0.25) is 0 Å². The second-order valence-electron chi connectivity index (χ2n) is 6.95. The third-order valence-electron chi connectivity index (χ3n) is 4.23. The predicted molar refractivity (Wildman–Crippen MR) is 108 cm³/mol. The lowest BCUT2D eigenvalue weighted by Gasteiger charge is -2.29. The van der Waals surface area contributed by atoms with Crippen molar-refractivity contribution in [2.45, 2.75) is 64.7 Å². The number of benzene rings is 1. The molecule has 0 spiro atoms. The highest BCUT2D eigenvalue weighted by molar-refractivity contribution is 5.80. The maximum atomic E-state index is 12.3. The summed E-state index contributed by atoms with van der Waals surface area (Å²) in [7, 11) is 0. The van der Waals surface area contributed by atoms with E-state index in [1.807, 2.05) is 30.3 Å². The van der Waals surface area contributed by atoms with Gasteiger partial charge < -0.3 is 25.3 Å². The summed E-state index contributed by atoms with van der Waals surface area (Å²) >= 11 is 0. The highest BCUT2D eigenvalue weighted by Crippen LogP contribution is 2.21. The molecule has 0 bridgehead atoms. The van der Waals surface area contributed by atoms with E-state index in [1.165, 1.54) is 6.92 Å². The molecule has 0 aliphatic carbocycles. The van der Waals surface area contributed by atoms with Gasteiger partial charge in [-0.15, -0.1) is 0 Å². The maximum Gasteiger partial charge on any atom is 0.407 e. The highest BCUT2D eigenvalue weighted by atomic mass is 16.6. The Morgan fingerprint density at radius 2 is 1.83 bits per heavy atom. The van der Waals surface area contributed by atoms with Crippen molar-refractivity contribution in [3.8, 4) is 0 Å². The number of ether oxygens (including phenoxy) is 3. The first kappa shape index (κ1) is 24.4. The molecule has 2 atom stereocenters. The third-order valence-corrected chi connectivity index (χ3v) is 4.23. The normalized spacial score (nSPS) is 13.7. The van der Waals surface area contributed by atoms with Crippen molar-refractivity contribution < 1.29 is 28.6 Å². The van der Waals surface area contributed by atoms with E-state index in [0.29, 0.717) is 25.8 Å². The summed E-state index contributed by atoms with van der Waals surface area (Å²) in [5.74, 6) is -0.948. The molecule has 1 rings (SSSR count). The Hall–Kier alpha value is -2.61. The Balaban J connectivity index is 2.38. The Bertz CT molecular complexity index is 652. The maximum absolute atomic E-state index is 12.3. The Kier molecular flexibility index (Phi) is 10.8. The van der Waals surface area contributed by atoms with Crippen molar-refractivity contribution in [2.24, 2.45) is 5.73 Å². The molecule has 162 valence electrons. The van der Waals surface area contributed by atoms with Crippen LogP contribution in [0.3, 0.4) is 0 Å². The van der Waals surface area contributed by atoms with Gasteiger partial charge in [-0.05, 0) is 38.7 Å². The van der Waals surface area contributed by atoms with Crippen LogP contribution in [0.25, 0.3) is 0 Å². The standard InChI is InChI=1S/C21H32N2O6/c1-4-27-19(25)21(22,14-16(2)29-17(3)24)12-8-9-13-23-20(26)28-15-18-10-6-5-7-11-18/h5-7,10-11,16H,4,8-9,12-15,22H2,1-3H3,(H,23,26)/t16?,21-/m1/s1. The van der Waals surface area contributed by atoms with Gasteiger partial charge in [0, 0.05) is 19.9 Å². The number of hydrogen-bond acceptors (Lipinski definition) is 7. The van der Waals surface area contributed by atoms with E-state index >= 15 is 0 Å². The predicted octanol–water partition coefficient (Wildman–Crippen LogP) is 2.69. The van der Waals surface area contributed by atoms with Crippen molar-refractivity contribution in [3.63, 3.8) is 0 Å². The summed E-state index contributed by atoms with van der Waals surface area (Å²) in [6.07, 6.45) is 0.701. The molecule has 0 heterocycles. The van der Waals surface area contributed by atoms with Crippen LogP contribution in [0.4, 0.5) is 4.79 Å². The molecule has 0 radical (unpaired) electrons. The molecule has 1 unspecified atom stereocenters. The lowest BCUT2D eigenvalue weighted by Crippen LogP contribution is -2.51. The SMILES string of the molecule is CCOC(=O)[C@@](N)(CCCCNC(=O)OCc1ccccc1)CC(C)OC(C)=O. The monoisotopic (exact) mass is 408 g/mol. The van der Waals surface area contributed by atoms with Crippen LogP contribution in [-0.4, -0.2) is 42.8 Å². The molecule has 0 fully saturated rings. The van der Waals surface area contributed by atoms with Crippen LogP contribution < -0.4 is 11.1 Å². The van der Waals surface area contributed by atoms with Gasteiger partial charge in [-0.2, -0.15) is 0 Å². The molecule has 8 heteroatoms. The van der Waals surface area contributed by atoms with Crippen LogP contribution in [0, 0.1) is 0 Å². The van der Waals surface area contributed by atoms with Gasteiger partial charge in [0.1, 0.15) is 18.2 Å². The lowest BCUT2D eigenvalue weighted by atomic mass is 9.88. The third kappa shape index (κ3) is 9.94. The molecule has 29 heavy (non-hydrogen) atoms. The number of carbonyl (C=O) groups is 3. The molecule has 1 aromatic carbocycles. The van der Waals surface area contributed by atoms with Gasteiger partial charge in [0.15, 0.2) is 0 Å². The number of amides is 1. The van der Waals surface area contributed by atoms with Crippen molar-refractivity contribution in [1.29, 1.82) is 0 Å². The molecule has 0 aliphatic heterocycles. The van der Waals surface area contributed by atoms with E-state index in [-0.39, 0.29) is 19.6 Å². The number of carbonyl (C=O) groups excluding carboxylic acids is 3. The minimum absolute atomic E-state index is 0.165. The number of esters is 2. The summed E-state index contributed by atoms with van der Waals surface area (Å²) in [5.41, 5.74) is 5.94. The molecule has 0 saturated heterocycles. The number of hydrogen-bond donors (Lipinski definition) is 2. The molecule has 0 aromatic heterocycles. The second-order valence-corrected chi connectivity index (χ2v) is 6.95. The first-order valence-corrected chi connectivity index (χ1v) is 9.84. The number of nitrogens with one attached hydrogen (secondary N) is 1. The average molecular weight is 408 g/mol. The summed E-state index contributed by atoms with van der Waals surface area (Å²) in [6.45, 7) is 5.52. The zero-order valence-corrected chi connectivity index (χ0v) is 17.4. The Labute approximate surface area is 172 Å². The molecule has 1 aromatic rings. The van der Waals surface area contributed by atoms with Crippen molar-refractivity contribution in [1.82, 2.24) is 5.32 Å². The molecule has 8 nitrogen and oxygen atoms in total. The summed E-state index contributed by atoms with van der Waals surface area (Å²) in [6, 6.07) is 9.40. The fourth-order valence-corrected chi connectivity index (χ4v) is 2.93. The van der Waals surface area contributed by atoms with Gasteiger partial charge in [0.05, 0.1) is 6.61 Å². The fourth-order valence-electron chi connectivity index (χ4n) is 2.93. The quantitative estimate of drug-likeness (QED) is 0.310. The molecular weight excluding hydrogens is 376 g/mol. The highest BCUT2D eigenvalue weighted by Gasteiger charge is 2.37. The second kappa shape index (κ2) is 12.8. The van der Waals surface area contributed by atoms with Gasteiger partial charge >= 0.3 is 18.0 Å². The van der Waals surface area contributed by atoms with E-state index in [4.69, 9.17) is 19.9 Å². The number of unbranched alkanes of at least 4 members (excludes halogenated alkanes) is 1. The zero-order valence-electron chi connectivity index (χ0n) is 17.4. The number of nitrogens with two attached hydrogens (primary N) is 1. The molecule has 0 aliphatic rings. The van der Waals surface area contributed by atoms with Crippen LogP contribution in [0.2, 0.25) is 0 Å². The van der Waals surface area contributed by atoms with Crippen LogP contribution >= 0.6 is 0 Å². The zero-order chi connectivity index (χ0) is 21.7. The Morgan fingerprint density at radius 1 is 1.14 bits per heavy atom. The fraction of sp³-hybridized carbons (Fsp3) is 0.571. The van der Waals surface area contributed by atoms with E-state index in [0.717, 1.165) is 5.56 Å². The van der Waals surface area contributed by atoms with Crippen LogP contribution in [0.15, 0.2) is 30.3 Å². The summed E-state index contributed by atoms with van der Waals surface area (Å²) in [4.78, 5) is 35.1. The van der Waals surface area contributed by atoms with Gasteiger partial charge in [-0.3, -0.25) is 9.59 Å².